The topological polar surface area (TPSA) is 56.4 Å². The molecule has 2 aromatic carbocycles. The van der Waals surface area contributed by atoms with Crippen LogP contribution in [0.1, 0.15) is 12.2 Å². The number of halogens is 2. The monoisotopic (exact) mass is 430 g/mol. The molecule has 0 atom stereocenters. The molecule has 0 unspecified atom stereocenters. The maximum Gasteiger partial charge on any atom is 0.266 e. The fourth-order valence-corrected chi connectivity index (χ4v) is 4.16. The van der Waals surface area contributed by atoms with Crippen LogP contribution in [0, 0.1) is 0 Å². The molecule has 6 nitrogen and oxygen atoms in total. The molecule has 0 bridgehead atoms. The number of hydrogen-bond acceptors (Lipinski definition) is 3. The second kappa shape index (κ2) is 7.28. The zero-order chi connectivity index (χ0) is 20.0. The number of nitrogens with one attached hydrogen (secondary N) is 1. The number of carbonyl (C=O) groups is 1. The molecule has 0 saturated carbocycles. The summed E-state index contributed by atoms with van der Waals surface area (Å²) in [6.45, 7) is 1.35. The molecule has 0 radical (unpaired) electrons. The normalized spacial score (nSPS) is 14.1. The van der Waals surface area contributed by atoms with Crippen molar-refractivity contribution in [3.8, 4) is 22.8 Å². The third kappa shape index (κ3) is 3.43. The first-order valence-electron chi connectivity index (χ1n) is 9.35. The lowest BCUT2D eigenvalue weighted by Crippen LogP contribution is -2.42. The average molecular weight is 431 g/mol. The van der Waals surface area contributed by atoms with Crippen LogP contribution in [-0.4, -0.2) is 17.3 Å². The van der Waals surface area contributed by atoms with Gasteiger partial charge in [0, 0.05) is 17.3 Å². The van der Waals surface area contributed by atoms with E-state index in [-0.39, 0.29) is 19.2 Å². The molecule has 1 N–H and O–H groups in total. The Labute approximate surface area is 177 Å². The van der Waals surface area contributed by atoms with Crippen molar-refractivity contribution in [2.75, 3.05) is 12.1 Å². The van der Waals surface area contributed by atoms with Gasteiger partial charge in [-0.1, -0.05) is 23.2 Å². The minimum atomic E-state index is -0.102. The van der Waals surface area contributed by atoms with E-state index in [4.69, 9.17) is 32.7 Å². The molecule has 5 rings (SSSR count). The standard InChI is InChI=1S/C21H17Cl2N3O3/c22-15-5-3-13(8-16(15)23)17-10-25(21-2-1-7-26(17)21)11-20(27)24-14-4-6-18-19(9-14)29-12-28-18/h3-6,8-10H,1-2,7,11-12H2/p+1. The van der Waals surface area contributed by atoms with E-state index in [9.17, 15) is 4.79 Å². The summed E-state index contributed by atoms with van der Waals surface area (Å²) < 4.78 is 14.9. The summed E-state index contributed by atoms with van der Waals surface area (Å²) >= 11 is 12.3. The molecule has 1 amide bonds. The zero-order valence-electron chi connectivity index (χ0n) is 15.5. The molecule has 148 valence electrons. The van der Waals surface area contributed by atoms with Gasteiger partial charge < -0.3 is 14.8 Å². The molecule has 3 heterocycles. The third-order valence-corrected chi connectivity index (χ3v) is 5.92. The Balaban J connectivity index is 1.39. The summed E-state index contributed by atoms with van der Waals surface area (Å²) in [4.78, 5) is 12.7. The van der Waals surface area contributed by atoms with Crippen molar-refractivity contribution >= 4 is 34.8 Å². The first-order chi connectivity index (χ1) is 14.1. The summed E-state index contributed by atoms with van der Waals surface area (Å²) in [5.74, 6) is 2.36. The molecule has 2 aliphatic rings. The Morgan fingerprint density at radius 2 is 1.97 bits per heavy atom. The fraction of sp³-hybridized carbons (Fsp3) is 0.238. The molecular formula is C21H18Cl2N3O3+. The summed E-state index contributed by atoms with van der Waals surface area (Å²) in [5.41, 5.74) is 2.70. The van der Waals surface area contributed by atoms with Crippen molar-refractivity contribution in [2.45, 2.75) is 25.9 Å². The predicted molar refractivity (Wildman–Crippen MR) is 110 cm³/mol. The van der Waals surface area contributed by atoms with Crippen molar-refractivity contribution in [2.24, 2.45) is 0 Å². The molecule has 0 spiro atoms. The highest BCUT2D eigenvalue weighted by Gasteiger charge is 2.30. The van der Waals surface area contributed by atoms with Crippen molar-refractivity contribution < 1.29 is 18.8 Å². The lowest BCUT2D eigenvalue weighted by atomic mass is 10.1. The predicted octanol–water partition coefficient (Wildman–Crippen LogP) is 4.06. The summed E-state index contributed by atoms with van der Waals surface area (Å²) in [6.07, 6.45) is 3.99. The van der Waals surface area contributed by atoms with Crippen LogP contribution in [0.25, 0.3) is 11.3 Å². The van der Waals surface area contributed by atoms with Gasteiger partial charge in [0.2, 0.25) is 6.79 Å². The van der Waals surface area contributed by atoms with E-state index in [1.165, 1.54) is 0 Å². The minimum Gasteiger partial charge on any atom is -0.454 e. The molecule has 8 heteroatoms. The highest BCUT2D eigenvalue weighted by molar-refractivity contribution is 6.42. The second-order valence-electron chi connectivity index (χ2n) is 7.06. The summed E-state index contributed by atoms with van der Waals surface area (Å²) in [7, 11) is 0. The van der Waals surface area contributed by atoms with Crippen molar-refractivity contribution in [3.05, 3.63) is 58.5 Å². The number of anilines is 1. The van der Waals surface area contributed by atoms with Gasteiger partial charge in [-0.25, -0.2) is 9.13 Å². The number of rotatable bonds is 4. The van der Waals surface area contributed by atoms with Crippen LogP contribution in [0.5, 0.6) is 11.5 Å². The van der Waals surface area contributed by atoms with Gasteiger partial charge in [0.15, 0.2) is 23.7 Å². The van der Waals surface area contributed by atoms with E-state index >= 15 is 0 Å². The molecule has 2 aliphatic heterocycles. The van der Waals surface area contributed by atoms with Gasteiger partial charge in [-0.2, -0.15) is 0 Å². The highest BCUT2D eigenvalue weighted by atomic mass is 35.5. The molecule has 0 saturated heterocycles. The van der Waals surface area contributed by atoms with E-state index in [1.807, 2.05) is 22.9 Å². The Hall–Kier alpha value is -2.70. The van der Waals surface area contributed by atoms with Gasteiger partial charge in [0.25, 0.3) is 11.7 Å². The van der Waals surface area contributed by atoms with E-state index in [0.29, 0.717) is 27.2 Å². The van der Waals surface area contributed by atoms with E-state index < -0.39 is 0 Å². The Bertz CT molecular complexity index is 1130. The number of benzene rings is 2. The smallest absolute Gasteiger partial charge is 0.266 e. The van der Waals surface area contributed by atoms with Crippen LogP contribution < -0.4 is 19.4 Å². The number of fused-ring (bicyclic) bond motifs is 2. The van der Waals surface area contributed by atoms with Crippen LogP contribution >= 0.6 is 23.2 Å². The minimum absolute atomic E-state index is 0.102. The fourth-order valence-electron chi connectivity index (χ4n) is 3.86. The summed E-state index contributed by atoms with van der Waals surface area (Å²) in [6, 6.07) is 11.0. The quantitative estimate of drug-likeness (QED) is 0.634. The zero-order valence-corrected chi connectivity index (χ0v) is 17.0. The Kier molecular flexibility index (Phi) is 4.60. The van der Waals surface area contributed by atoms with Gasteiger partial charge >= 0.3 is 0 Å². The Morgan fingerprint density at radius 1 is 1.10 bits per heavy atom. The molecule has 29 heavy (non-hydrogen) atoms. The van der Waals surface area contributed by atoms with Crippen LogP contribution in [0.15, 0.2) is 42.6 Å². The van der Waals surface area contributed by atoms with Crippen LogP contribution in [0.3, 0.4) is 0 Å². The molecule has 3 aromatic rings. The third-order valence-electron chi connectivity index (χ3n) is 5.18. The first-order valence-corrected chi connectivity index (χ1v) is 10.1. The van der Waals surface area contributed by atoms with Gasteiger partial charge in [-0.3, -0.25) is 4.79 Å². The number of amides is 1. The largest absolute Gasteiger partial charge is 0.454 e. The SMILES string of the molecule is O=C(C[n+]1cc(-c2ccc(Cl)c(Cl)c2)n2c1CCC2)Nc1ccc2c(c1)OCO2. The molecular weight excluding hydrogens is 413 g/mol. The first kappa shape index (κ1) is 18.3. The van der Waals surface area contributed by atoms with Crippen LogP contribution in [0.2, 0.25) is 10.0 Å². The van der Waals surface area contributed by atoms with E-state index in [0.717, 1.165) is 36.5 Å². The van der Waals surface area contributed by atoms with Gasteiger partial charge in [-0.15, -0.1) is 0 Å². The van der Waals surface area contributed by atoms with E-state index in [2.05, 4.69) is 9.88 Å². The van der Waals surface area contributed by atoms with Crippen molar-refractivity contribution in [1.82, 2.24) is 4.57 Å². The van der Waals surface area contributed by atoms with Gasteiger partial charge in [0.1, 0.15) is 6.20 Å². The maximum atomic E-state index is 12.7. The number of hydrogen-bond donors (Lipinski definition) is 1. The number of nitrogens with zero attached hydrogens (tertiary/aromatic N) is 2. The van der Waals surface area contributed by atoms with Crippen molar-refractivity contribution in [1.29, 1.82) is 0 Å². The maximum absolute atomic E-state index is 12.7. The lowest BCUT2D eigenvalue weighted by molar-refractivity contribution is -0.690. The number of carbonyl (C=O) groups excluding carboxylic acids is 1. The van der Waals surface area contributed by atoms with Gasteiger partial charge in [0.05, 0.1) is 23.0 Å². The summed E-state index contributed by atoms with van der Waals surface area (Å²) in [5, 5.41) is 3.98. The lowest BCUT2D eigenvalue weighted by Gasteiger charge is -2.05. The number of ether oxygens (including phenoxy) is 2. The Morgan fingerprint density at radius 3 is 2.83 bits per heavy atom. The molecule has 1 aromatic heterocycles. The molecule has 0 aliphatic carbocycles. The van der Waals surface area contributed by atoms with Crippen molar-refractivity contribution in [3.63, 3.8) is 0 Å². The number of imidazole rings is 1. The highest BCUT2D eigenvalue weighted by Crippen LogP contribution is 2.34. The molecule has 0 fully saturated rings. The van der Waals surface area contributed by atoms with E-state index in [1.54, 1.807) is 24.3 Å². The van der Waals surface area contributed by atoms with Gasteiger partial charge in [-0.05, 0) is 36.8 Å². The van der Waals surface area contributed by atoms with Crippen LogP contribution in [0.4, 0.5) is 5.69 Å². The number of aromatic nitrogens is 2. The van der Waals surface area contributed by atoms with Crippen LogP contribution in [-0.2, 0) is 24.3 Å². The average Bonchev–Trinajstić information content (AvgIpc) is 3.41. The second-order valence-corrected chi connectivity index (χ2v) is 7.87.